The van der Waals surface area contributed by atoms with Crippen molar-refractivity contribution in [3.05, 3.63) is 29.3 Å². The fraction of sp³-hybridized carbons (Fsp3) is 0.556. The molecule has 5 nitrogen and oxygen atoms in total. The van der Waals surface area contributed by atoms with Gasteiger partial charge in [-0.05, 0) is 50.4 Å². The van der Waals surface area contributed by atoms with Gasteiger partial charge in [0.15, 0.2) is 0 Å². The van der Waals surface area contributed by atoms with Gasteiger partial charge in [-0.1, -0.05) is 23.7 Å². The van der Waals surface area contributed by atoms with Crippen molar-refractivity contribution in [2.24, 2.45) is 5.92 Å². The van der Waals surface area contributed by atoms with Gasteiger partial charge in [0.05, 0.1) is 10.7 Å². The van der Waals surface area contributed by atoms with Gasteiger partial charge in [0.1, 0.15) is 6.04 Å². The zero-order valence-corrected chi connectivity index (χ0v) is 16.0. The summed E-state index contributed by atoms with van der Waals surface area (Å²) < 4.78 is 0. The van der Waals surface area contributed by atoms with Crippen LogP contribution in [0.4, 0.5) is 5.69 Å². The van der Waals surface area contributed by atoms with E-state index in [1.54, 1.807) is 22.9 Å². The van der Waals surface area contributed by atoms with Gasteiger partial charge in [-0.2, -0.15) is 0 Å². The van der Waals surface area contributed by atoms with E-state index in [2.05, 4.69) is 5.32 Å². The molecule has 2 fully saturated rings. The average molecular weight is 386 g/mol. The highest BCUT2D eigenvalue weighted by Crippen LogP contribution is 2.30. The van der Waals surface area contributed by atoms with E-state index in [-0.39, 0.29) is 30.3 Å². The number of hydrogen-bond acceptors (Lipinski definition) is 3. The van der Waals surface area contributed by atoms with Gasteiger partial charge in [-0.15, -0.1) is 12.4 Å². The predicted octanol–water partition coefficient (Wildman–Crippen LogP) is 2.72. The highest BCUT2D eigenvalue weighted by Gasteiger charge is 2.37. The number of nitrogens with one attached hydrogen (secondary N) is 1. The highest BCUT2D eigenvalue weighted by molar-refractivity contribution is 6.34. The number of para-hydroxylation sites is 1. The Balaban J connectivity index is 0.00000225. The summed E-state index contributed by atoms with van der Waals surface area (Å²) in [5.41, 5.74) is 0.726. The first-order valence-corrected chi connectivity index (χ1v) is 8.98. The van der Waals surface area contributed by atoms with Crippen LogP contribution in [0.3, 0.4) is 0 Å². The number of rotatable bonds is 5. The minimum Gasteiger partial charge on any atom is -0.334 e. The zero-order valence-electron chi connectivity index (χ0n) is 14.4. The summed E-state index contributed by atoms with van der Waals surface area (Å²) in [6, 6.07) is 6.96. The molecule has 3 rings (SSSR count). The molecule has 2 amide bonds. The van der Waals surface area contributed by atoms with Gasteiger partial charge in [-0.25, -0.2) is 0 Å². The molecule has 1 aromatic rings. The maximum absolute atomic E-state index is 12.7. The number of hydrogen-bond donors (Lipinski definition) is 1. The summed E-state index contributed by atoms with van der Waals surface area (Å²) >= 11 is 6.20. The van der Waals surface area contributed by atoms with E-state index in [1.807, 2.05) is 18.2 Å². The molecule has 0 bridgehead atoms. The summed E-state index contributed by atoms with van der Waals surface area (Å²) in [4.78, 5) is 28.5. The van der Waals surface area contributed by atoms with Crippen LogP contribution in [0.15, 0.2) is 24.3 Å². The van der Waals surface area contributed by atoms with E-state index in [9.17, 15) is 9.59 Å². The Morgan fingerprint density at radius 3 is 2.80 bits per heavy atom. The molecule has 25 heavy (non-hydrogen) atoms. The second kappa shape index (κ2) is 8.88. The number of carbonyl (C=O) groups excluding carboxylic acids is 2. The minimum absolute atomic E-state index is 0. The molecule has 0 saturated carbocycles. The molecule has 2 aliphatic rings. The summed E-state index contributed by atoms with van der Waals surface area (Å²) in [6.45, 7) is 2.64. The Morgan fingerprint density at radius 1 is 1.36 bits per heavy atom. The number of anilines is 1. The van der Waals surface area contributed by atoms with Crippen molar-refractivity contribution in [2.45, 2.75) is 31.7 Å². The molecular formula is C18H25Cl2N3O2. The number of benzene rings is 1. The fourth-order valence-electron chi connectivity index (χ4n) is 3.57. The van der Waals surface area contributed by atoms with Crippen LogP contribution in [0.5, 0.6) is 0 Å². The fourth-order valence-corrected chi connectivity index (χ4v) is 3.81. The SMILES string of the molecule is CN(C(=O)CCC1CCNC1)C1CCN(c2ccccc2Cl)C1=O.Cl. The lowest BCUT2D eigenvalue weighted by atomic mass is 10.0. The first-order chi connectivity index (χ1) is 11.6. The Labute approximate surface area is 160 Å². The molecule has 1 N–H and O–H groups in total. The number of nitrogens with zero attached hydrogens (tertiary/aromatic N) is 2. The first-order valence-electron chi connectivity index (χ1n) is 8.60. The van der Waals surface area contributed by atoms with E-state index in [0.29, 0.717) is 30.3 Å². The van der Waals surface area contributed by atoms with Crippen LogP contribution in [-0.4, -0.2) is 49.4 Å². The second-order valence-corrected chi connectivity index (χ2v) is 7.06. The number of halogens is 2. The predicted molar refractivity (Wildman–Crippen MR) is 102 cm³/mol. The third-order valence-corrected chi connectivity index (χ3v) is 5.43. The molecule has 138 valence electrons. The van der Waals surface area contributed by atoms with Crippen molar-refractivity contribution in [3.8, 4) is 0 Å². The molecule has 2 saturated heterocycles. The van der Waals surface area contributed by atoms with E-state index in [1.165, 1.54) is 0 Å². The normalized spacial score (nSPS) is 22.8. The zero-order chi connectivity index (χ0) is 17.1. The molecule has 1 aromatic carbocycles. The van der Waals surface area contributed by atoms with E-state index in [4.69, 9.17) is 11.6 Å². The van der Waals surface area contributed by atoms with Gasteiger partial charge in [0.2, 0.25) is 11.8 Å². The third-order valence-electron chi connectivity index (χ3n) is 5.11. The van der Waals surface area contributed by atoms with Gasteiger partial charge in [0, 0.05) is 20.0 Å². The summed E-state index contributed by atoms with van der Waals surface area (Å²) in [7, 11) is 1.74. The lowest BCUT2D eigenvalue weighted by Crippen LogP contribution is -2.43. The van der Waals surface area contributed by atoms with Crippen molar-refractivity contribution in [1.29, 1.82) is 0 Å². The largest absolute Gasteiger partial charge is 0.334 e. The molecular weight excluding hydrogens is 361 g/mol. The third kappa shape index (κ3) is 4.46. The standard InChI is InChI=1S/C18H24ClN3O2.ClH/c1-21(17(23)7-6-13-8-10-20-12-13)16-9-11-22(18(16)24)15-5-3-2-4-14(15)19;/h2-5,13,16,20H,6-12H2,1H3;1H. The minimum atomic E-state index is -0.379. The average Bonchev–Trinajstić information content (AvgIpc) is 3.22. The van der Waals surface area contributed by atoms with Crippen molar-refractivity contribution >= 4 is 41.5 Å². The van der Waals surface area contributed by atoms with Crippen molar-refractivity contribution in [1.82, 2.24) is 10.2 Å². The van der Waals surface area contributed by atoms with E-state index in [0.717, 1.165) is 31.6 Å². The molecule has 0 aromatic heterocycles. The van der Waals surface area contributed by atoms with Gasteiger partial charge >= 0.3 is 0 Å². The van der Waals surface area contributed by atoms with Crippen molar-refractivity contribution < 1.29 is 9.59 Å². The van der Waals surface area contributed by atoms with Gasteiger partial charge in [-0.3, -0.25) is 9.59 Å². The van der Waals surface area contributed by atoms with Crippen LogP contribution in [0.25, 0.3) is 0 Å². The van der Waals surface area contributed by atoms with E-state index >= 15 is 0 Å². The molecule has 7 heteroatoms. The van der Waals surface area contributed by atoms with E-state index < -0.39 is 0 Å². The summed E-state index contributed by atoms with van der Waals surface area (Å²) in [5.74, 6) is 0.601. The van der Waals surface area contributed by atoms with Gasteiger partial charge < -0.3 is 15.1 Å². The van der Waals surface area contributed by atoms with Crippen LogP contribution < -0.4 is 10.2 Å². The Morgan fingerprint density at radius 2 is 2.12 bits per heavy atom. The van der Waals surface area contributed by atoms with Crippen LogP contribution >= 0.6 is 24.0 Å². The van der Waals surface area contributed by atoms with Crippen molar-refractivity contribution in [2.75, 3.05) is 31.6 Å². The molecule has 0 spiro atoms. The highest BCUT2D eigenvalue weighted by atomic mass is 35.5. The number of likely N-dealkylation sites (N-methyl/N-ethyl adjacent to an activating group) is 1. The van der Waals surface area contributed by atoms with Crippen molar-refractivity contribution in [3.63, 3.8) is 0 Å². The maximum Gasteiger partial charge on any atom is 0.249 e. The van der Waals surface area contributed by atoms with Crippen LogP contribution in [0.2, 0.25) is 5.02 Å². The van der Waals surface area contributed by atoms with Crippen LogP contribution in [0, 0.1) is 5.92 Å². The maximum atomic E-state index is 12.7. The Bertz CT molecular complexity index is 620. The molecule has 2 unspecified atom stereocenters. The monoisotopic (exact) mass is 385 g/mol. The smallest absolute Gasteiger partial charge is 0.249 e. The molecule has 2 aliphatic heterocycles. The van der Waals surface area contributed by atoms with Gasteiger partial charge in [0.25, 0.3) is 0 Å². The topological polar surface area (TPSA) is 52.7 Å². The molecule has 0 aliphatic carbocycles. The second-order valence-electron chi connectivity index (χ2n) is 6.65. The quantitative estimate of drug-likeness (QED) is 0.847. The summed E-state index contributed by atoms with van der Waals surface area (Å²) in [6.07, 6.45) is 3.20. The summed E-state index contributed by atoms with van der Waals surface area (Å²) in [5, 5.41) is 3.88. The lowest BCUT2D eigenvalue weighted by molar-refractivity contribution is -0.136. The number of amides is 2. The number of carbonyl (C=O) groups is 2. The molecule has 2 atom stereocenters. The lowest BCUT2D eigenvalue weighted by Gasteiger charge is -2.25. The van der Waals surface area contributed by atoms with Crippen LogP contribution in [-0.2, 0) is 9.59 Å². The molecule has 2 heterocycles. The Hall–Kier alpha value is -1.30. The molecule has 0 radical (unpaired) electrons. The Kier molecular flexibility index (Phi) is 7.11. The first kappa shape index (κ1) is 20.0. The van der Waals surface area contributed by atoms with Crippen LogP contribution in [0.1, 0.15) is 25.7 Å².